The van der Waals surface area contributed by atoms with E-state index in [-0.39, 0.29) is 17.4 Å². The summed E-state index contributed by atoms with van der Waals surface area (Å²) in [5, 5.41) is 0. The molecule has 0 nitrogen and oxygen atoms in total. The van der Waals surface area contributed by atoms with Crippen molar-refractivity contribution >= 4 is 17.4 Å². The van der Waals surface area contributed by atoms with Crippen LogP contribution in [0.3, 0.4) is 0 Å². The molecule has 0 fully saturated rings. The molecule has 114 valence electrons. The van der Waals surface area contributed by atoms with Crippen molar-refractivity contribution in [3.05, 3.63) is 20.8 Å². The second-order valence-electron chi connectivity index (χ2n) is 5.68. The first-order valence-corrected chi connectivity index (χ1v) is 7.80. The fraction of sp³-hybridized carbons (Fsp3) is 0.833. The average Bonchev–Trinajstić information content (AvgIpc) is 2.18. The van der Waals surface area contributed by atoms with Crippen molar-refractivity contribution < 1.29 is 0 Å². The van der Waals surface area contributed by atoms with E-state index in [9.17, 15) is 0 Å². The summed E-state index contributed by atoms with van der Waals surface area (Å²) < 4.78 is 0. The van der Waals surface area contributed by atoms with Crippen LogP contribution in [0.4, 0.5) is 0 Å². The van der Waals surface area contributed by atoms with Gasteiger partial charge in [0.15, 0.2) is 0 Å². The zero-order valence-electron chi connectivity index (χ0n) is 14.7. The molecule has 0 saturated heterocycles. The molecule has 0 aliphatic heterocycles. The third-order valence-electron chi connectivity index (χ3n) is 2.34. The number of hydrogen-bond donors (Lipinski definition) is 0. The monoisotopic (exact) mass is 282 g/mol. The Hall–Kier alpha value is 0.532. The zero-order valence-corrected chi connectivity index (χ0v) is 15.8. The molecule has 1 heteroatoms. The third kappa shape index (κ3) is 55.7. The fourth-order valence-corrected chi connectivity index (χ4v) is 1.48. The van der Waals surface area contributed by atoms with Crippen molar-refractivity contribution in [3.63, 3.8) is 0 Å². The van der Waals surface area contributed by atoms with E-state index < -0.39 is 0 Å². The van der Waals surface area contributed by atoms with E-state index in [2.05, 4.69) is 62.3 Å². The van der Waals surface area contributed by atoms with E-state index in [4.69, 9.17) is 0 Å². The first-order valence-electron chi connectivity index (χ1n) is 7.80. The summed E-state index contributed by atoms with van der Waals surface area (Å²) in [6.45, 7) is 24.5. The molecule has 0 aromatic carbocycles. The molecule has 0 heterocycles. The van der Waals surface area contributed by atoms with Crippen molar-refractivity contribution in [2.45, 2.75) is 80.1 Å². The van der Waals surface area contributed by atoms with Gasteiger partial charge in [0.2, 0.25) is 0 Å². The van der Waals surface area contributed by atoms with Crippen LogP contribution in [0.1, 0.15) is 80.1 Å². The Morgan fingerprint density at radius 2 is 0.737 bits per heavy atom. The Bertz CT molecular complexity index is 93.1. The van der Waals surface area contributed by atoms with E-state index in [1.54, 1.807) is 0 Å². The van der Waals surface area contributed by atoms with E-state index >= 15 is 0 Å². The summed E-state index contributed by atoms with van der Waals surface area (Å²) in [7, 11) is 0. The summed E-state index contributed by atoms with van der Waals surface area (Å²) in [5.74, 6) is 1.94. The SMILES string of the molecule is [Al+3].[CH2-]C(C)CCC.[CH2-]C(C)CCC.[CH2-]C(C)CCC. The molecule has 0 aromatic rings. The average molecular weight is 282 g/mol. The summed E-state index contributed by atoms with van der Waals surface area (Å²) in [6.07, 6.45) is 7.60. The van der Waals surface area contributed by atoms with Crippen molar-refractivity contribution in [1.82, 2.24) is 0 Å². The molecule has 0 spiro atoms. The van der Waals surface area contributed by atoms with Gasteiger partial charge in [0.1, 0.15) is 0 Å². The number of rotatable bonds is 6. The van der Waals surface area contributed by atoms with Gasteiger partial charge >= 0.3 is 17.4 Å². The first kappa shape index (κ1) is 27.8. The second-order valence-corrected chi connectivity index (χ2v) is 5.68. The molecule has 0 saturated carbocycles. The molecule has 0 bridgehead atoms. The molecule has 0 radical (unpaired) electrons. The van der Waals surface area contributed by atoms with Gasteiger partial charge in [-0.25, -0.2) is 0 Å². The molecule has 19 heavy (non-hydrogen) atoms. The third-order valence-corrected chi connectivity index (χ3v) is 2.34. The van der Waals surface area contributed by atoms with Crippen molar-refractivity contribution in [2.75, 3.05) is 0 Å². The van der Waals surface area contributed by atoms with Crippen LogP contribution >= 0.6 is 0 Å². The molecule has 0 aromatic heterocycles. The van der Waals surface area contributed by atoms with Gasteiger partial charge in [0.05, 0.1) is 0 Å². The van der Waals surface area contributed by atoms with Gasteiger partial charge in [-0.2, -0.15) is 17.8 Å². The molecule has 0 rings (SSSR count). The molecular weight excluding hydrogens is 243 g/mol. The van der Waals surface area contributed by atoms with Gasteiger partial charge in [-0.1, -0.05) is 80.1 Å². The molecular formula is C18H39Al. The van der Waals surface area contributed by atoms with E-state index in [0.29, 0.717) is 17.8 Å². The van der Waals surface area contributed by atoms with Crippen LogP contribution in [0.25, 0.3) is 0 Å². The van der Waals surface area contributed by atoms with E-state index in [0.717, 1.165) is 0 Å². The van der Waals surface area contributed by atoms with Crippen LogP contribution in [0.2, 0.25) is 0 Å². The molecule has 0 N–H and O–H groups in total. The van der Waals surface area contributed by atoms with Gasteiger partial charge < -0.3 is 20.8 Å². The van der Waals surface area contributed by atoms with Crippen molar-refractivity contribution in [1.29, 1.82) is 0 Å². The summed E-state index contributed by atoms with van der Waals surface area (Å²) in [4.78, 5) is 0. The predicted molar refractivity (Wildman–Crippen MR) is 94.0 cm³/mol. The Morgan fingerprint density at radius 3 is 0.737 bits per heavy atom. The minimum absolute atomic E-state index is 0. The second kappa shape index (κ2) is 23.6. The zero-order chi connectivity index (χ0) is 15.0. The van der Waals surface area contributed by atoms with Crippen LogP contribution in [-0.4, -0.2) is 17.4 Å². The van der Waals surface area contributed by atoms with E-state index in [1.807, 2.05) is 0 Å². The largest absolute Gasteiger partial charge is 3.00 e. The van der Waals surface area contributed by atoms with Crippen molar-refractivity contribution in [2.24, 2.45) is 17.8 Å². The van der Waals surface area contributed by atoms with Gasteiger partial charge in [0, 0.05) is 0 Å². The summed E-state index contributed by atoms with van der Waals surface area (Å²) >= 11 is 0. The van der Waals surface area contributed by atoms with Crippen LogP contribution in [0.5, 0.6) is 0 Å². The Kier molecular flexibility index (Phi) is 34.6. The van der Waals surface area contributed by atoms with Crippen LogP contribution < -0.4 is 0 Å². The maximum atomic E-state index is 3.83. The number of hydrogen-bond acceptors (Lipinski definition) is 0. The Labute approximate surface area is 136 Å². The van der Waals surface area contributed by atoms with Crippen LogP contribution in [0.15, 0.2) is 0 Å². The topological polar surface area (TPSA) is 0 Å². The maximum absolute atomic E-state index is 3.83. The van der Waals surface area contributed by atoms with Crippen LogP contribution in [0, 0.1) is 38.5 Å². The molecule has 0 aliphatic rings. The van der Waals surface area contributed by atoms with Crippen molar-refractivity contribution in [3.8, 4) is 0 Å². The summed E-state index contributed by atoms with van der Waals surface area (Å²) in [5.41, 5.74) is 0. The minimum Gasteiger partial charge on any atom is -0.341 e. The van der Waals surface area contributed by atoms with Gasteiger partial charge in [-0.05, 0) is 0 Å². The molecule has 0 amide bonds. The fourth-order valence-electron chi connectivity index (χ4n) is 1.48. The van der Waals surface area contributed by atoms with E-state index in [1.165, 1.54) is 38.5 Å². The predicted octanol–water partition coefficient (Wildman–Crippen LogP) is 6.39. The minimum atomic E-state index is 0. The maximum Gasteiger partial charge on any atom is 3.00 e. The molecule has 0 aliphatic carbocycles. The van der Waals surface area contributed by atoms with Gasteiger partial charge in [0.25, 0.3) is 0 Å². The quantitative estimate of drug-likeness (QED) is 0.391. The summed E-state index contributed by atoms with van der Waals surface area (Å²) in [6, 6.07) is 0. The molecule has 3 unspecified atom stereocenters. The first-order chi connectivity index (χ1) is 8.31. The van der Waals surface area contributed by atoms with Crippen LogP contribution in [-0.2, 0) is 0 Å². The Morgan fingerprint density at radius 1 is 0.579 bits per heavy atom. The standard InChI is InChI=1S/3C6H13.Al/c3*1-4-5-6(2)3;/h3*6H,2,4-5H2,1,3H3;/q3*-1;+3. The molecule has 3 atom stereocenters. The smallest absolute Gasteiger partial charge is 0.341 e. The Balaban J connectivity index is -0.0000000865. The van der Waals surface area contributed by atoms with Gasteiger partial charge in [-0.15, -0.1) is 0 Å². The normalized spacial score (nSPS) is 13.7. The van der Waals surface area contributed by atoms with Gasteiger partial charge in [-0.3, -0.25) is 0 Å².